The molecule has 0 spiro atoms. The number of nitrogens with one attached hydrogen (secondary N) is 1. The van der Waals surface area contributed by atoms with Crippen molar-refractivity contribution < 1.29 is 9.53 Å². The van der Waals surface area contributed by atoms with Gasteiger partial charge in [-0.3, -0.25) is 9.69 Å². The number of ether oxygens (including phenoxy) is 1. The van der Waals surface area contributed by atoms with E-state index >= 15 is 0 Å². The topological polar surface area (TPSA) is 48.6 Å². The lowest BCUT2D eigenvalue weighted by atomic mass is 10.1. The zero-order valence-corrected chi connectivity index (χ0v) is 14.9. The predicted octanol–water partition coefficient (Wildman–Crippen LogP) is 3.19. The van der Waals surface area contributed by atoms with Gasteiger partial charge in [0.2, 0.25) is 6.41 Å². The van der Waals surface area contributed by atoms with Crippen LogP contribution >= 0.6 is 0 Å². The van der Waals surface area contributed by atoms with Crippen molar-refractivity contribution in [3.63, 3.8) is 0 Å². The molecule has 2 heterocycles. The summed E-state index contributed by atoms with van der Waals surface area (Å²) < 4.78 is 5.93. The van der Waals surface area contributed by atoms with Gasteiger partial charge in [0, 0.05) is 36.2 Å². The van der Waals surface area contributed by atoms with Crippen LogP contribution in [0.2, 0.25) is 0 Å². The molecular weight excluding hydrogens is 326 g/mol. The van der Waals surface area contributed by atoms with Gasteiger partial charge in [-0.05, 0) is 36.9 Å². The van der Waals surface area contributed by atoms with Gasteiger partial charge in [-0.15, -0.1) is 0 Å². The number of aromatic nitrogens is 1. The van der Waals surface area contributed by atoms with E-state index in [2.05, 4.69) is 47.3 Å². The van der Waals surface area contributed by atoms with Crippen molar-refractivity contribution in [2.24, 2.45) is 0 Å². The summed E-state index contributed by atoms with van der Waals surface area (Å²) in [5, 5.41) is 1.13. The summed E-state index contributed by atoms with van der Waals surface area (Å²) in [5.74, 6) is 0.860. The van der Waals surface area contributed by atoms with Crippen molar-refractivity contribution in [1.29, 1.82) is 0 Å². The quantitative estimate of drug-likeness (QED) is 0.720. The van der Waals surface area contributed by atoms with Crippen LogP contribution in [-0.2, 0) is 11.4 Å². The Hall–Kier alpha value is -2.79. The molecule has 1 aromatic heterocycles. The molecule has 1 amide bonds. The number of benzene rings is 2. The van der Waals surface area contributed by atoms with E-state index in [0.717, 1.165) is 47.4 Å². The number of piperazine rings is 1. The minimum absolute atomic E-state index is 0.190. The number of hydrogen-bond acceptors (Lipinski definition) is 3. The lowest BCUT2D eigenvalue weighted by Crippen LogP contribution is -2.46. The van der Waals surface area contributed by atoms with Gasteiger partial charge in [0.15, 0.2) is 0 Å². The first-order valence-electron chi connectivity index (χ1n) is 8.92. The van der Waals surface area contributed by atoms with E-state index in [1.807, 2.05) is 29.2 Å². The molecule has 1 fully saturated rings. The molecule has 1 aliphatic heterocycles. The van der Waals surface area contributed by atoms with Gasteiger partial charge in [-0.25, -0.2) is 0 Å². The molecule has 0 saturated carbocycles. The van der Waals surface area contributed by atoms with Crippen molar-refractivity contribution in [1.82, 2.24) is 14.8 Å². The Kier molecular flexibility index (Phi) is 4.63. The molecular formula is C21H23N3O2. The number of aromatic amines is 1. The van der Waals surface area contributed by atoms with Crippen LogP contribution in [-0.4, -0.2) is 47.9 Å². The van der Waals surface area contributed by atoms with Crippen molar-refractivity contribution in [2.75, 3.05) is 26.7 Å². The fraction of sp³-hybridized carbons (Fsp3) is 0.286. The minimum Gasteiger partial charge on any atom is -0.489 e. The van der Waals surface area contributed by atoms with Crippen LogP contribution in [0.4, 0.5) is 0 Å². The molecule has 1 saturated heterocycles. The number of fused-ring (bicyclic) bond motifs is 1. The van der Waals surface area contributed by atoms with Gasteiger partial charge in [0.25, 0.3) is 0 Å². The molecule has 1 unspecified atom stereocenters. The van der Waals surface area contributed by atoms with Gasteiger partial charge in [-0.2, -0.15) is 0 Å². The third-order valence-electron chi connectivity index (χ3n) is 5.05. The predicted molar refractivity (Wildman–Crippen MR) is 102 cm³/mol. The van der Waals surface area contributed by atoms with Crippen LogP contribution in [0, 0.1) is 0 Å². The smallest absolute Gasteiger partial charge is 0.209 e. The van der Waals surface area contributed by atoms with Gasteiger partial charge in [0.1, 0.15) is 12.4 Å². The van der Waals surface area contributed by atoms with Crippen LogP contribution in [0.1, 0.15) is 17.3 Å². The van der Waals surface area contributed by atoms with Gasteiger partial charge in [0.05, 0.1) is 6.04 Å². The van der Waals surface area contributed by atoms with E-state index in [1.54, 1.807) is 0 Å². The summed E-state index contributed by atoms with van der Waals surface area (Å²) in [6, 6.07) is 18.6. The second-order valence-electron chi connectivity index (χ2n) is 6.84. The summed E-state index contributed by atoms with van der Waals surface area (Å²) in [7, 11) is 2.10. The van der Waals surface area contributed by atoms with E-state index in [9.17, 15) is 4.79 Å². The van der Waals surface area contributed by atoms with E-state index in [1.165, 1.54) is 0 Å². The number of amides is 1. The minimum atomic E-state index is 0.190. The summed E-state index contributed by atoms with van der Waals surface area (Å²) in [4.78, 5) is 18.8. The highest BCUT2D eigenvalue weighted by atomic mass is 16.5. The fourth-order valence-corrected chi connectivity index (χ4v) is 3.47. The standard InChI is InChI=1S/C21H23N3O2/c1-23-9-10-24(15-25)13-21(23)20-12-17-11-18(7-8-19(17)22-20)26-14-16-5-3-2-4-6-16/h2-8,11-12,15,21-22H,9-10,13-14H2,1H3. The molecule has 0 bridgehead atoms. The molecule has 0 aliphatic carbocycles. The largest absolute Gasteiger partial charge is 0.489 e. The van der Waals surface area contributed by atoms with Crippen LogP contribution < -0.4 is 4.74 Å². The Morgan fingerprint density at radius 2 is 2.00 bits per heavy atom. The fourth-order valence-electron chi connectivity index (χ4n) is 3.47. The van der Waals surface area contributed by atoms with Gasteiger partial charge < -0.3 is 14.6 Å². The molecule has 1 N–H and O–H groups in total. The molecule has 4 rings (SSSR count). The second kappa shape index (κ2) is 7.22. The SMILES string of the molecule is CN1CCN(C=O)CC1c1cc2cc(OCc3ccccc3)ccc2[nH]1. The Morgan fingerprint density at radius 3 is 2.81 bits per heavy atom. The zero-order valence-electron chi connectivity index (χ0n) is 14.9. The van der Waals surface area contributed by atoms with E-state index in [0.29, 0.717) is 13.2 Å². The summed E-state index contributed by atoms with van der Waals surface area (Å²) in [5.41, 5.74) is 3.37. The Bertz CT molecular complexity index is 891. The number of nitrogens with zero attached hydrogens (tertiary/aromatic N) is 2. The molecule has 1 atom stereocenters. The van der Waals surface area contributed by atoms with Crippen LogP contribution in [0.25, 0.3) is 10.9 Å². The number of hydrogen-bond donors (Lipinski definition) is 1. The van der Waals surface area contributed by atoms with Crippen LogP contribution in [0.3, 0.4) is 0 Å². The molecule has 5 heteroatoms. The third-order valence-corrected chi connectivity index (χ3v) is 5.05. The zero-order chi connectivity index (χ0) is 17.9. The number of likely N-dealkylation sites (N-methyl/N-ethyl adjacent to an activating group) is 1. The maximum atomic E-state index is 11.1. The molecule has 1 aliphatic rings. The molecule has 26 heavy (non-hydrogen) atoms. The molecule has 0 radical (unpaired) electrons. The Balaban J connectivity index is 1.53. The maximum Gasteiger partial charge on any atom is 0.209 e. The first-order valence-corrected chi connectivity index (χ1v) is 8.92. The lowest BCUT2D eigenvalue weighted by molar-refractivity contribution is -0.120. The summed E-state index contributed by atoms with van der Waals surface area (Å²) in [6.45, 7) is 2.94. The molecule has 3 aromatic rings. The van der Waals surface area contributed by atoms with E-state index in [-0.39, 0.29) is 6.04 Å². The highest BCUT2D eigenvalue weighted by Gasteiger charge is 2.26. The van der Waals surface area contributed by atoms with Crippen LogP contribution in [0.15, 0.2) is 54.6 Å². The van der Waals surface area contributed by atoms with Gasteiger partial charge in [-0.1, -0.05) is 30.3 Å². The average Bonchev–Trinajstić information content (AvgIpc) is 3.10. The van der Waals surface area contributed by atoms with Crippen molar-refractivity contribution in [2.45, 2.75) is 12.6 Å². The van der Waals surface area contributed by atoms with Crippen molar-refractivity contribution >= 4 is 17.3 Å². The number of rotatable bonds is 5. The maximum absolute atomic E-state index is 11.1. The molecule has 5 nitrogen and oxygen atoms in total. The molecule has 2 aromatic carbocycles. The van der Waals surface area contributed by atoms with E-state index < -0.39 is 0 Å². The van der Waals surface area contributed by atoms with Crippen LogP contribution in [0.5, 0.6) is 5.75 Å². The number of H-pyrrole nitrogens is 1. The summed E-state index contributed by atoms with van der Waals surface area (Å²) >= 11 is 0. The highest BCUT2D eigenvalue weighted by molar-refractivity contribution is 5.82. The van der Waals surface area contributed by atoms with Crippen molar-refractivity contribution in [3.05, 3.63) is 65.9 Å². The number of carbonyl (C=O) groups is 1. The second-order valence-corrected chi connectivity index (χ2v) is 6.84. The highest BCUT2D eigenvalue weighted by Crippen LogP contribution is 2.28. The molecule has 134 valence electrons. The van der Waals surface area contributed by atoms with E-state index in [4.69, 9.17) is 4.74 Å². The number of carbonyl (C=O) groups excluding carboxylic acids is 1. The normalized spacial score (nSPS) is 18.2. The lowest BCUT2D eigenvalue weighted by Gasteiger charge is -2.37. The average molecular weight is 349 g/mol. The Labute approximate surface area is 153 Å². The third kappa shape index (κ3) is 3.44. The summed E-state index contributed by atoms with van der Waals surface area (Å²) in [6.07, 6.45) is 0.943. The monoisotopic (exact) mass is 349 g/mol. The van der Waals surface area contributed by atoms with Gasteiger partial charge >= 0.3 is 0 Å². The first-order chi connectivity index (χ1) is 12.7. The van der Waals surface area contributed by atoms with Crippen molar-refractivity contribution in [3.8, 4) is 5.75 Å². The first kappa shape index (κ1) is 16.7. The Morgan fingerprint density at radius 1 is 1.15 bits per heavy atom.